The van der Waals surface area contributed by atoms with Crippen LogP contribution in [0.1, 0.15) is 59.8 Å². The molecule has 2 saturated carbocycles. The van der Waals surface area contributed by atoms with E-state index in [1.807, 2.05) is 18.7 Å². The van der Waals surface area contributed by atoms with E-state index in [0.29, 0.717) is 0 Å². The summed E-state index contributed by atoms with van der Waals surface area (Å²) in [6, 6.07) is -0.0496. The summed E-state index contributed by atoms with van der Waals surface area (Å²) in [5.74, 6) is 0.405. The molecule has 4 heteroatoms. The zero-order chi connectivity index (χ0) is 14.7. The van der Waals surface area contributed by atoms with E-state index in [1.165, 1.54) is 0 Å². The van der Waals surface area contributed by atoms with Crippen LogP contribution in [0.2, 0.25) is 0 Å². The Hall–Kier alpha value is -1.06. The second-order valence-electron chi connectivity index (χ2n) is 7.89. The molecule has 2 unspecified atom stereocenters. The van der Waals surface area contributed by atoms with Gasteiger partial charge in [-0.15, -0.1) is 0 Å². The highest BCUT2D eigenvalue weighted by Crippen LogP contribution is 2.52. The summed E-state index contributed by atoms with van der Waals surface area (Å²) in [6.07, 6.45) is 4.73. The molecule has 112 valence electrons. The van der Waals surface area contributed by atoms with Gasteiger partial charge >= 0.3 is 0 Å². The topological polar surface area (TPSA) is 49.4 Å². The fourth-order valence-electron chi connectivity index (χ4n) is 4.05. The molecule has 0 aromatic rings. The zero-order valence-corrected chi connectivity index (χ0v) is 13.0. The predicted octanol–water partition coefficient (Wildman–Crippen LogP) is 2.08. The summed E-state index contributed by atoms with van der Waals surface area (Å²) in [6.45, 7) is 8.45. The molecule has 3 fully saturated rings. The van der Waals surface area contributed by atoms with Crippen LogP contribution in [0.3, 0.4) is 0 Å². The van der Waals surface area contributed by atoms with Gasteiger partial charge in [-0.3, -0.25) is 9.59 Å². The average molecular weight is 278 g/mol. The van der Waals surface area contributed by atoms with Crippen LogP contribution in [0.4, 0.5) is 0 Å². The molecule has 1 N–H and O–H groups in total. The number of nitrogens with one attached hydrogen (secondary N) is 1. The first-order valence-corrected chi connectivity index (χ1v) is 7.93. The largest absolute Gasteiger partial charge is 0.340 e. The van der Waals surface area contributed by atoms with Gasteiger partial charge in [0.25, 0.3) is 0 Å². The molecule has 0 bridgehead atoms. The second-order valence-corrected chi connectivity index (χ2v) is 7.89. The Morgan fingerprint density at radius 1 is 1.20 bits per heavy atom. The number of rotatable bonds is 2. The van der Waals surface area contributed by atoms with E-state index < -0.39 is 5.54 Å². The molecule has 1 heterocycles. The minimum atomic E-state index is -0.582. The number of nitrogens with zero attached hydrogens (tertiary/aromatic N) is 1. The number of hydrogen-bond donors (Lipinski definition) is 1. The summed E-state index contributed by atoms with van der Waals surface area (Å²) in [5, 5.41) is 3.08. The Kier molecular flexibility index (Phi) is 2.93. The lowest BCUT2D eigenvalue weighted by molar-refractivity contribution is -0.158. The molecule has 0 aromatic carbocycles. The maximum absolute atomic E-state index is 13.1. The molecule has 1 aliphatic heterocycles. The van der Waals surface area contributed by atoms with Crippen molar-refractivity contribution in [3.63, 3.8) is 0 Å². The van der Waals surface area contributed by atoms with Crippen LogP contribution < -0.4 is 5.32 Å². The van der Waals surface area contributed by atoms with Crippen LogP contribution >= 0.6 is 0 Å². The van der Waals surface area contributed by atoms with Crippen molar-refractivity contribution in [1.29, 1.82) is 0 Å². The molecular formula is C16H26N2O2. The minimum absolute atomic E-state index is 0.0594. The van der Waals surface area contributed by atoms with E-state index in [9.17, 15) is 9.59 Å². The van der Waals surface area contributed by atoms with E-state index in [-0.39, 0.29) is 35.2 Å². The first kappa shape index (κ1) is 13.9. The normalized spacial score (nSPS) is 34.8. The highest BCUT2D eigenvalue weighted by Gasteiger charge is 2.61. The fourth-order valence-corrected chi connectivity index (χ4v) is 4.05. The molecular weight excluding hydrogens is 252 g/mol. The highest BCUT2D eigenvalue weighted by atomic mass is 16.2. The van der Waals surface area contributed by atoms with Gasteiger partial charge in [0.15, 0.2) is 0 Å². The lowest BCUT2D eigenvalue weighted by Gasteiger charge is -2.46. The van der Waals surface area contributed by atoms with Gasteiger partial charge in [0.1, 0.15) is 11.6 Å². The van der Waals surface area contributed by atoms with Crippen LogP contribution in [0.5, 0.6) is 0 Å². The summed E-state index contributed by atoms with van der Waals surface area (Å²) in [4.78, 5) is 27.6. The number of hydrogen-bond acceptors (Lipinski definition) is 2. The van der Waals surface area contributed by atoms with Gasteiger partial charge in [0, 0.05) is 6.04 Å². The second kappa shape index (κ2) is 4.22. The third-order valence-electron chi connectivity index (χ3n) is 5.46. The van der Waals surface area contributed by atoms with Crippen molar-refractivity contribution >= 4 is 11.8 Å². The zero-order valence-electron chi connectivity index (χ0n) is 13.0. The molecule has 1 spiro atoms. The Morgan fingerprint density at radius 2 is 1.75 bits per heavy atom. The summed E-state index contributed by atoms with van der Waals surface area (Å²) in [5.41, 5.74) is -0.415. The number of carbonyl (C=O) groups is 2. The van der Waals surface area contributed by atoms with E-state index in [0.717, 1.165) is 32.1 Å². The first-order valence-electron chi connectivity index (χ1n) is 7.93. The van der Waals surface area contributed by atoms with Crippen LogP contribution in [-0.2, 0) is 9.59 Å². The van der Waals surface area contributed by atoms with E-state index >= 15 is 0 Å². The summed E-state index contributed by atoms with van der Waals surface area (Å²) >= 11 is 0. The predicted molar refractivity (Wildman–Crippen MR) is 77.0 cm³/mol. The van der Waals surface area contributed by atoms with Crippen molar-refractivity contribution in [3.8, 4) is 0 Å². The fraction of sp³-hybridized carbons (Fsp3) is 0.875. The lowest BCUT2D eigenvalue weighted by atomic mass is 9.87. The van der Waals surface area contributed by atoms with Gasteiger partial charge in [-0.1, -0.05) is 40.5 Å². The smallest absolute Gasteiger partial charge is 0.249 e. The molecule has 3 aliphatic rings. The maximum Gasteiger partial charge on any atom is 0.249 e. The first-order chi connectivity index (χ1) is 9.28. The number of amides is 2. The van der Waals surface area contributed by atoms with Gasteiger partial charge in [-0.25, -0.2) is 0 Å². The molecule has 20 heavy (non-hydrogen) atoms. The SMILES string of the molecule is CC(C)C1C(=O)NC2(CCCC2)C(=O)N1C1CC1(C)C. The third-order valence-corrected chi connectivity index (χ3v) is 5.46. The van der Waals surface area contributed by atoms with Crippen molar-refractivity contribution in [1.82, 2.24) is 10.2 Å². The van der Waals surface area contributed by atoms with Gasteiger partial charge in [-0.05, 0) is 30.6 Å². The summed E-state index contributed by atoms with van der Waals surface area (Å²) < 4.78 is 0. The van der Waals surface area contributed by atoms with Gasteiger partial charge in [0.05, 0.1) is 0 Å². The van der Waals surface area contributed by atoms with Crippen molar-refractivity contribution in [2.24, 2.45) is 11.3 Å². The van der Waals surface area contributed by atoms with Gasteiger partial charge in [0.2, 0.25) is 11.8 Å². The van der Waals surface area contributed by atoms with E-state index in [2.05, 4.69) is 19.2 Å². The Morgan fingerprint density at radius 3 is 2.20 bits per heavy atom. The molecule has 1 saturated heterocycles. The molecule has 4 nitrogen and oxygen atoms in total. The van der Waals surface area contributed by atoms with Crippen LogP contribution in [0.15, 0.2) is 0 Å². The molecule has 3 rings (SSSR count). The van der Waals surface area contributed by atoms with Crippen molar-refractivity contribution in [2.75, 3.05) is 0 Å². The Balaban J connectivity index is 1.96. The van der Waals surface area contributed by atoms with E-state index in [4.69, 9.17) is 0 Å². The summed E-state index contributed by atoms with van der Waals surface area (Å²) in [7, 11) is 0. The van der Waals surface area contributed by atoms with Crippen LogP contribution in [0.25, 0.3) is 0 Å². The standard InChI is InChI=1S/C16H26N2O2/c1-10(2)12-13(19)17-16(7-5-6-8-16)14(20)18(12)11-9-15(11,3)4/h10-12H,5-9H2,1-4H3,(H,17,19). The minimum Gasteiger partial charge on any atom is -0.340 e. The molecule has 2 aliphatic carbocycles. The monoisotopic (exact) mass is 278 g/mol. The van der Waals surface area contributed by atoms with Gasteiger partial charge < -0.3 is 10.2 Å². The third kappa shape index (κ3) is 1.87. The van der Waals surface area contributed by atoms with Crippen molar-refractivity contribution in [2.45, 2.75) is 77.4 Å². The van der Waals surface area contributed by atoms with Crippen molar-refractivity contribution < 1.29 is 9.59 Å². The Bertz CT molecular complexity index is 449. The molecule has 2 atom stereocenters. The van der Waals surface area contributed by atoms with Crippen LogP contribution in [0, 0.1) is 11.3 Å². The average Bonchev–Trinajstić information content (AvgIpc) is 2.76. The van der Waals surface area contributed by atoms with Crippen LogP contribution in [-0.4, -0.2) is 34.3 Å². The lowest BCUT2D eigenvalue weighted by Crippen LogP contribution is -2.71. The van der Waals surface area contributed by atoms with E-state index in [1.54, 1.807) is 0 Å². The number of carbonyl (C=O) groups excluding carboxylic acids is 2. The van der Waals surface area contributed by atoms with Crippen molar-refractivity contribution in [3.05, 3.63) is 0 Å². The maximum atomic E-state index is 13.1. The number of piperazine rings is 1. The Labute approximate surface area is 121 Å². The molecule has 0 radical (unpaired) electrons. The quantitative estimate of drug-likeness (QED) is 0.840. The van der Waals surface area contributed by atoms with Gasteiger partial charge in [-0.2, -0.15) is 0 Å². The molecule has 2 amide bonds. The molecule has 0 aromatic heterocycles. The highest BCUT2D eigenvalue weighted by molar-refractivity contribution is 6.00.